The molecule has 0 bridgehead atoms. The summed E-state index contributed by atoms with van der Waals surface area (Å²) in [5, 5.41) is 7.01. The summed E-state index contributed by atoms with van der Waals surface area (Å²) in [4.78, 5) is 12.4. The molecular weight excluding hydrogens is 346 g/mol. The van der Waals surface area contributed by atoms with Crippen molar-refractivity contribution in [2.24, 2.45) is 0 Å². The van der Waals surface area contributed by atoms with Gasteiger partial charge in [0, 0.05) is 22.8 Å². The summed E-state index contributed by atoms with van der Waals surface area (Å²) >= 11 is 1.64. The van der Waals surface area contributed by atoms with E-state index in [1.54, 1.807) is 25.6 Å². The van der Waals surface area contributed by atoms with E-state index in [1.807, 2.05) is 47.9 Å². The predicted octanol–water partition coefficient (Wildman–Crippen LogP) is 4.93. The van der Waals surface area contributed by atoms with E-state index in [4.69, 9.17) is 9.47 Å². The fraction of sp³-hybridized carbons (Fsp3) is 0.0952. The third kappa shape index (κ3) is 2.86. The Morgan fingerprint density at radius 2 is 1.88 bits per heavy atom. The van der Waals surface area contributed by atoms with Crippen molar-refractivity contribution in [1.29, 1.82) is 0 Å². The SMILES string of the molecule is COc1ccc2c(c1)NC(=O)/C2=C/c1ccc(OC)c(-c2ccsc2)c1. The highest BCUT2D eigenvalue weighted by molar-refractivity contribution is 7.08. The van der Waals surface area contributed by atoms with Crippen LogP contribution in [0.4, 0.5) is 5.69 Å². The van der Waals surface area contributed by atoms with Crippen LogP contribution in [0.1, 0.15) is 11.1 Å². The van der Waals surface area contributed by atoms with Crippen LogP contribution in [0, 0.1) is 0 Å². The molecule has 5 heteroatoms. The molecule has 0 saturated carbocycles. The van der Waals surface area contributed by atoms with Gasteiger partial charge in [0.05, 0.1) is 19.9 Å². The van der Waals surface area contributed by atoms with Crippen LogP contribution in [0.3, 0.4) is 0 Å². The largest absolute Gasteiger partial charge is 0.497 e. The number of amides is 1. The van der Waals surface area contributed by atoms with E-state index < -0.39 is 0 Å². The number of ether oxygens (including phenoxy) is 2. The maximum atomic E-state index is 12.4. The molecule has 1 N–H and O–H groups in total. The van der Waals surface area contributed by atoms with Gasteiger partial charge in [0.25, 0.3) is 5.91 Å². The summed E-state index contributed by atoms with van der Waals surface area (Å²) in [6.45, 7) is 0. The molecule has 2 aromatic carbocycles. The molecule has 1 amide bonds. The first-order valence-electron chi connectivity index (χ1n) is 8.11. The number of anilines is 1. The molecule has 1 aromatic heterocycles. The van der Waals surface area contributed by atoms with E-state index >= 15 is 0 Å². The number of thiophene rings is 1. The second-order valence-electron chi connectivity index (χ2n) is 5.90. The summed E-state index contributed by atoms with van der Waals surface area (Å²) in [5.41, 5.74) is 5.35. The van der Waals surface area contributed by atoms with E-state index in [0.29, 0.717) is 5.57 Å². The highest BCUT2D eigenvalue weighted by Gasteiger charge is 2.24. The quantitative estimate of drug-likeness (QED) is 0.669. The highest BCUT2D eigenvalue weighted by atomic mass is 32.1. The van der Waals surface area contributed by atoms with Gasteiger partial charge in [-0.3, -0.25) is 4.79 Å². The van der Waals surface area contributed by atoms with Gasteiger partial charge >= 0.3 is 0 Å². The normalized spacial score (nSPS) is 14.2. The van der Waals surface area contributed by atoms with Crippen LogP contribution in [0.5, 0.6) is 11.5 Å². The van der Waals surface area contributed by atoms with Crippen LogP contribution in [-0.2, 0) is 4.79 Å². The number of nitrogens with one attached hydrogen (secondary N) is 1. The summed E-state index contributed by atoms with van der Waals surface area (Å²) < 4.78 is 10.7. The molecule has 4 rings (SSSR count). The topological polar surface area (TPSA) is 47.6 Å². The van der Waals surface area contributed by atoms with Crippen molar-refractivity contribution in [2.45, 2.75) is 0 Å². The first-order valence-corrected chi connectivity index (χ1v) is 9.06. The Labute approximate surface area is 155 Å². The van der Waals surface area contributed by atoms with Gasteiger partial charge in [-0.2, -0.15) is 11.3 Å². The minimum atomic E-state index is -0.110. The summed E-state index contributed by atoms with van der Waals surface area (Å²) in [6, 6.07) is 13.6. The Hall–Kier alpha value is -3.05. The molecule has 130 valence electrons. The lowest BCUT2D eigenvalue weighted by atomic mass is 10.0. The minimum Gasteiger partial charge on any atom is -0.497 e. The molecule has 4 nitrogen and oxygen atoms in total. The fourth-order valence-corrected chi connectivity index (χ4v) is 3.73. The van der Waals surface area contributed by atoms with Crippen molar-refractivity contribution < 1.29 is 14.3 Å². The highest BCUT2D eigenvalue weighted by Crippen LogP contribution is 2.37. The average Bonchev–Trinajstić information content (AvgIpc) is 3.30. The fourth-order valence-electron chi connectivity index (χ4n) is 3.07. The Morgan fingerprint density at radius 1 is 1.00 bits per heavy atom. The number of rotatable bonds is 4. The summed E-state index contributed by atoms with van der Waals surface area (Å²) in [5.74, 6) is 1.42. The lowest BCUT2D eigenvalue weighted by Gasteiger charge is -2.09. The lowest BCUT2D eigenvalue weighted by Crippen LogP contribution is -2.03. The zero-order chi connectivity index (χ0) is 18.1. The van der Waals surface area contributed by atoms with Crippen molar-refractivity contribution in [2.75, 3.05) is 19.5 Å². The zero-order valence-corrected chi connectivity index (χ0v) is 15.2. The molecule has 1 aliphatic rings. The monoisotopic (exact) mass is 363 g/mol. The van der Waals surface area contributed by atoms with E-state index in [9.17, 15) is 4.79 Å². The number of carbonyl (C=O) groups excluding carboxylic acids is 1. The van der Waals surface area contributed by atoms with Gasteiger partial charge in [0.1, 0.15) is 11.5 Å². The van der Waals surface area contributed by atoms with Crippen molar-refractivity contribution in [3.05, 3.63) is 64.4 Å². The number of benzene rings is 2. The molecule has 0 atom stereocenters. The third-order valence-corrected chi connectivity index (χ3v) is 5.06. The molecule has 0 radical (unpaired) electrons. The molecule has 0 fully saturated rings. The van der Waals surface area contributed by atoms with Crippen LogP contribution in [0.25, 0.3) is 22.8 Å². The van der Waals surface area contributed by atoms with Crippen LogP contribution in [0.2, 0.25) is 0 Å². The summed E-state index contributed by atoms with van der Waals surface area (Å²) in [7, 11) is 3.27. The van der Waals surface area contributed by atoms with Crippen LogP contribution < -0.4 is 14.8 Å². The van der Waals surface area contributed by atoms with Crippen molar-refractivity contribution >= 4 is 34.6 Å². The van der Waals surface area contributed by atoms with Gasteiger partial charge in [0.15, 0.2) is 0 Å². The Bertz CT molecular complexity index is 1010. The standard InChI is InChI=1S/C21H17NO3S/c1-24-15-4-5-16-18(21(23)22-19(16)11-15)10-13-3-6-20(25-2)17(9-13)14-7-8-26-12-14/h3-12H,1-2H3,(H,22,23)/b18-10+. The van der Waals surface area contributed by atoms with E-state index in [0.717, 1.165) is 39.4 Å². The van der Waals surface area contributed by atoms with E-state index in [1.165, 1.54) is 0 Å². The second-order valence-corrected chi connectivity index (χ2v) is 6.68. The average molecular weight is 363 g/mol. The van der Waals surface area contributed by atoms with E-state index in [-0.39, 0.29) is 5.91 Å². The van der Waals surface area contributed by atoms with Gasteiger partial charge in [-0.05, 0) is 58.3 Å². The molecule has 2 heterocycles. The van der Waals surface area contributed by atoms with Crippen molar-refractivity contribution in [3.63, 3.8) is 0 Å². The lowest BCUT2D eigenvalue weighted by molar-refractivity contribution is -0.110. The van der Waals surface area contributed by atoms with Gasteiger partial charge in [-0.15, -0.1) is 0 Å². The Morgan fingerprint density at radius 3 is 2.62 bits per heavy atom. The maximum absolute atomic E-state index is 12.4. The van der Waals surface area contributed by atoms with Gasteiger partial charge in [-0.25, -0.2) is 0 Å². The number of hydrogen-bond acceptors (Lipinski definition) is 4. The van der Waals surface area contributed by atoms with Crippen LogP contribution >= 0.6 is 11.3 Å². The molecule has 0 saturated heterocycles. The number of methoxy groups -OCH3 is 2. The molecule has 0 aliphatic carbocycles. The maximum Gasteiger partial charge on any atom is 0.256 e. The summed E-state index contributed by atoms with van der Waals surface area (Å²) in [6.07, 6.45) is 1.91. The van der Waals surface area contributed by atoms with Gasteiger partial charge < -0.3 is 14.8 Å². The molecule has 0 unspecified atom stereocenters. The molecule has 0 spiro atoms. The minimum absolute atomic E-state index is 0.110. The first kappa shape index (κ1) is 16.4. The number of carbonyl (C=O) groups is 1. The molecule has 26 heavy (non-hydrogen) atoms. The van der Waals surface area contributed by atoms with Crippen molar-refractivity contribution in [3.8, 4) is 22.6 Å². The van der Waals surface area contributed by atoms with Crippen LogP contribution in [-0.4, -0.2) is 20.1 Å². The number of hydrogen-bond donors (Lipinski definition) is 1. The Kier molecular flexibility index (Phi) is 4.22. The smallest absolute Gasteiger partial charge is 0.256 e. The molecule has 3 aromatic rings. The van der Waals surface area contributed by atoms with Crippen molar-refractivity contribution in [1.82, 2.24) is 0 Å². The third-order valence-electron chi connectivity index (χ3n) is 4.38. The van der Waals surface area contributed by atoms with Gasteiger partial charge in [-0.1, -0.05) is 6.07 Å². The first-order chi connectivity index (χ1) is 12.7. The molecule has 1 aliphatic heterocycles. The molecular formula is C21H17NO3S. The predicted molar refractivity (Wildman–Crippen MR) is 106 cm³/mol. The van der Waals surface area contributed by atoms with Gasteiger partial charge in [0.2, 0.25) is 0 Å². The number of fused-ring (bicyclic) bond motifs is 1. The Balaban J connectivity index is 1.78. The van der Waals surface area contributed by atoms with Crippen LogP contribution in [0.15, 0.2) is 53.2 Å². The second kappa shape index (κ2) is 6.69. The zero-order valence-electron chi connectivity index (χ0n) is 14.4. The van der Waals surface area contributed by atoms with E-state index in [2.05, 4.69) is 16.8 Å².